The SMILES string of the molecule is COC1=C(C#N)C(=O)N(c2ccc(I)cc2)CC1(C)C. The monoisotopic (exact) mass is 382 g/mol. The van der Waals surface area contributed by atoms with Crippen LogP contribution < -0.4 is 4.90 Å². The number of benzene rings is 1. The van der Waals surface area contributed by atoms with Crippen molar-refractivity contribution in [1.82, 2.24) is 0 Å². The van der Waals surface area contributed by atoms with E-state index in [-0.39, 0.29) is 11.5 Å². The average Bonchev–Trinajstić information content (AvgIpc) is 2.41. The Bertz CT molecular complexity index is 612. The lowest BCUT2D eigenvalue weighted by Gasteiger charge is -2.38. The van der Waals surface area contributed by atoms with Crippen molar-refractivity contribution in [3.05, 3.63) is 39.2 Å². The Morgan fingerprint density at radius 2 is 1.95 bits per heavy atom. The number of nitrogens with zero attached hydrogens (tertiary/aromatic N) is 2. The summed E-state index contributed by atoms with van der Waals surface area (Å²) in [6.45, 7) is 4.42. The number of amides is 1. The molecule has 0 N–H and O–H groups in total. The average molecular weight is 382 g/mol. The second kappa shape index (κ2) is 5.44. The predicted molar refractivity (Wildman–Crippen MR) is 84.9 cm³/mol. The number of rotatable bonds is 2. The summed E-state index contributed by atoms with van der Waals surface area (Å²) in [7, 11) is 1.50. The molecule has 1 amide bonds. The predicted octanol–water partition coefficient (Wildman–Crippen LogP) is 3.09. The Morgan fingerprint density at radius 1 is 1.35 bits per heavy atom. The molecular weight excluding hydrogens is 367 g/mol. The molecule has 0 aromatic heterocycles. The van der Waals surface area contributed by atoms with E-state index in [0.29, 0.717) is 12.3 Å². The third kappa shape index (κ3) is 2.52. The van der Waals surface area contributed by atoms with E-state index in [1.165, 1.54) is 7.11 Å². The highest BCUT2D eigenvalue weighted by Crippen LogP contribution is 2.37. The number of hydrogen-bond donors (Lipinski definition) is 0. The van der Waals surface area contributed by atoms with Gasteiger partial charge in [0.15, 0.2) is 5.57 Å². The fraction of sp³-hybridized carbons (Fsp3) is 0.333. The number of anilines is 1. The maximum Gasteiger partial charge on any atom is 0.272 e. The van der Waals surface area contributed by atoms with Crippen LogP contribution in [0.2, 0.25) is 0 Å². The fourth-order valence-corrected chi connectivity index (χ4v) is 2.78. The summed E-state index contributed by atoms with van der Waals surface area (Å²) in [5, 5.41) is 9.27. The molecule has 0 saturated heterocycles. The minimum Gasteiger partial charge on any atom is -0.499 e. The highest BCUT2D eigenvalue weighted by atomic mass is 127. The zero-order chi connectivity index (χ0) is 14.9. The van der Waals surface area contributed by atoms with E-state index in [2.05, 4.69) is 22.6 Å². The van der Waals surface area contributed by atoms with Crippen LogP contribution in [0.15, 0.2) is 35.6 Å². The number of halogens is 1. The highest BCUT2D eigenvalue weighted by molar-refractivity contribution is 14.1. The number of methoxy groups -OCH3 is 1. The van der Waals surface area contributed by atoms with Gasteiger partial charge < -0.3 is 9.64 Å². The van der Waals surface area contributed by atoms with Crippen LogP contribution >= 0.6 is 22.6 Å². The number of nitriles is 1. The molecule has 104 valence electrons. The minimum absolute atomic E-state index is 0.0855. The van der Waals surface area contributed by atoms with Crippen molar-refractivity contribution in [2.24, 2.45) is 5.41 Å². The first-order valence-corrected chi connectivity index (χ1v) is 7.25. The smallest absolute Gasteiger partial charge is 0.272 e. The van der Waals surface area contributed by atoms with Crippen LogP contribution in [-0.4, -0.2) is 19.6 Å². The van der Waals surface area contributed by atoms with E-state index >= 15 is 0 Å². The molecule has 0 unspecified atom stereocenters. The van der Waals surface area contributed by atoms with Crippen LogP contribution in [0.5, 0.6) is 0 Å². The number of hydrogen-bond acceptors (Lipinski definition) is 3. The van der Waals surface area contributed by atoms with E-state index < -0.39 is 5.41 Å². The summed E-state index contributed by atoms with van der Waals surface area (Å²) < 4.78 is 6.39. The maximum atomic E-state index is 12.5. The van der Waals surface area contributed by atoms with E-state index in [9.17, 15) is 10.1 Å². The zero-order valence-electron chi connectivity index (χ0n) is 11.6. The molecule has 1 aromatic rings. The first-order valence-electron chi connectivity index (χ1n) is 6.17. The standard InChI is InChI=1S/C15H15IN2O2/c1-15(2)9-18(11-6-4-10(16)5-7-11)14(19)12(8-17)13(15)20-3/h4-7H,9H2,1-3H3. The van der Waals surface area contributed by atoms with Gasteiger partial charge in [0.2, 0.25) is 0 Å². The quantitative estimate of drug-likeness (QED) is 0.739. The largest absolute Gasteiger partial charge is 0.499 e. The minimum atomic E-state index is -0.392. The molecule has 0 bridgehead atoms. The first kappa shape index (κ1) is 14.9. The van der Waals surface area contributed by atoms with Gasteiger partial charge in [0, 0.05) is 21.2 Å². The molecule has 2 rings (SSSR count). The normalized spacial score (nSPS) is 17.9. The van der Waals surface area contributed by atoms with E-state index in [4.69, 9.17) is 4.74 Å². The summed E-state index contributed by atoms with van der Waals surface area (Å²) in [6.07, 6.45) is 0. The van der Waals surface area contributed by atoms with Crippen molar-refractivity contribution in [2.45, 2.75) is 13.8 Å². The molecule has 0 atom stereocenters. The van der Waals surface area contributed by atoms with E-state index in [1.807, 2.05) is 44.2 Å². The molecule has 4 nitrogen and oxygen atoms in total. The van der Waals surface area contributed by atoms with Gasteiger partial charge in [-0.2, -0.15) is 5.26 Å². The van der Waals surface area contributed by atoms with Crippen molar-refractivity contribution in [3.63, 3.8) is 0 Å². The van der Waals surface area contributed by atoms with Crippen molar-refractivity contribution in [3.8, 4) is 6.07 Å². The van der Waals surface area contributed by atoms with Crippen LogP contribution in [0, 0.1) is 20.3 Å². The van der Waals surface area contributed by atoms with Crippen LogP contribution in [0.4, 0.5) is 5.69 Å². The van der Waals surface area contributed by atoms with Crippen molar-refractivity contribution < 1.29 is 9.53 Å². The van der Waals surface area contributed by atoms with Crippen molar-refractivity contribution in [2.75, 3.05) is 18.6 Å². The van der Waals surface area contributed by atoms with Gasteiger partial charge in [-0.05, 0) is 46.9 Å². The summed E-state index contributed by atoms with van der Waals surface area (Å²) in [6, 6.07) is 9.65. The van der Waals surface area contributed by atoms with E-state index in [0.717, 1.165) is 9.26 Å². The molecule has 0 aliphatic carbocycles. The Labute approximate surface area is 132 Å². The van der Waals surface area contributed by atoms with Crippen molar-refractivity contribution in [1.29, 1.82) is 5.26 Å². The third-order valence-corrected chi connectivity index (χ3v) is 4.03. The molecule has 1 heterocycles. The van der Waals surface area contributed by atoms with Crippen LogP contribution in [-0.2, 0) is 9.53 Å². The number of ether oxygens (including phenoxy) is 1. The lowest BCUT2D eigenvalue weighted by atomic mass is 9.83. The second-order valence-corrected chi connectivity index (χ2v) is 6.52. The first-order chi connectivity index (χ1) is 9.40. The summed E-state index contributed by atoms with van der Waals surface area (Å²) >= 11 is 2.22. The molecule has 0 radical (unpaired) electrons. The van der Waals surface area contributed by atoms with Crippen LogP contribution in [0.25, 0.3) is 0 Å². The molecule has 20 heavy (non-hydrogen) atoms. The number of carbonyl (C=O) groups is 1. The van der Waals surface area contributed by atoms with Crippen molar-refractivity contribution >= 4 is 34.2 Å². The molecule has 1 aliphatic heterocycles. The molecule has 1 aromatic carbocycles. The second-order valence-electron chi connectivity index (χ2n) is 5.27. The third-order valence-electron chi connectivity index (χ3n) is 3.31. The van der Waals surface area contributed by atoms with Gasteiger partial charge in [-0.25, -0.2) is 0 Å². The lowest BCUT2D eigenvalue weighted by molar-refractivity contribution is -0.116. The van der Waals surface area contributed by atoms with E-state index in [1.54, 1.807) is 4.90 Å². The molecule has 0 saturated carbocycles. The van der Waals surface area contributed by atoms with Gasteiger partial charge >= 0.3 is 0 Å². The molecule has 0 spiro atoms. The Kier molecular flexibility index (Phi) is 4.04. The Morgan fingerprint density at radius 3 is 2.45 bits per heavy atom. The van der Waals surface area contributed by atoms with Gasteiger partial charge in [0.1, 0.15) is 11.8 Å². The van der Waals surface area contributed by atoms with Gasteiger partial charge in [-0.1, -0.05) is 13.8 Å². The summed E-state index contributed by atoms with van der Waals surface area (Å²) in [5.41, 5.74) is 0.491. The lowest BCUT2D eigenvalue weighted by Crippen LogP contribution is -2.46. The molecular formula is C15H15IN2O2. The fourth-order valence-electron chi connectivity index (χ4n) is 2.42. The topological polar surface area (TPSA) is 53.3 Å². The highest BCUT2D eigenvalue weighted by Gasteiger charge is 2.40. The van der Waals surface area contributed by atoms with Gasteiger partial charge in [0.25, 0.3) is 5.91 Å². The van der Waals surface area contributed by atoms with Gasteiger partial charge in [0.05, 0.1) is 7.11 Å². The number of carbonyl (C=O) groups excluding carboxylic acids is 1. The van der Waals surface area contributed by atoms with Gasteiger partial charge in [-0.3, -0.25) is 4.79 Å². The van der Waals surface area contributed by atoms with Crippen LogP contribution in [0.3, 0.4) is 0 Å². The molecule has 5 heteroatoms. The molecule has 0 fully saturated rings. The Hall–Kier alpha value is -1.55. The summed E-state index contributed by atoms with van der Waals surface area (Å²) in [5.74, 6) is 0.164. The maximum absolute atomic E-state index is 12.5. The Balaban J connectivity index is 2.50. The molecule has 1 aliphatic rings. The van der Waals surface area contributed by atoms with Crippen LogP contribution in [0.1, 0.15) is 13.8 Å². The zero-order valence-corrected chi connectivity index (χ0v) is 13.8. The van der Waals surface area contributed by atoms with Gasteiger partial charge in [-0.15, -0.1) is 0 Å². The summed E-state index contributed by atoms with van der Waals surface area (Å²) in [4.78, 5) is 14.1.